The van der Waals surface area contributed by atoms with Gasteiger partial charge in [-0.25, -0.2) is 8.42 Å². The second-order valence-corrected chi connectivity index (χ2v) is 7.66. The average molecular weight is 341 g/mol. The van der Waals surface area contributed by atoms with Gasteiger partial charge in [-0.2, -0.15) is 0 Å². The highest BCUT2D eigenvalue weighted by Gasteiger charge is 2.30. The zero-order chi connectivity index (χ0) is 16.3. The van der Waals surface area contributed by atoms with E-state index in [1.54, 1.807) is 38.1 Å². The van der Waals surface area contributed by atoms with Crippen LogP contribution in [0.2, 0.25) is 0 Å². The first-order chi connectivity index (χ1) is 10.4. The van der Waals surface area contributed by atoms with Gasteiger partial charge in [-0.3, -0.25) is 4.31 Å². The standard InChI is InChI=1S/C15H19NO4S2/c1-11-10-21-12(2)15(11)22(18,19)16(8-9-17)13-6-4-5-7-14(13)20-3/h4-7,10,17H,8-9H2,1-3H3. The van der Waals surface area contributed by atoms with Crippen LogP contribution in [0.15, 0.2) is 34.5 Å². The van der Waals surface area contributed by atoms with E-state index in [9.17, 15) is 13.5 Å². The van der Waals surface area contributed by atoms with E-state index in [1.165, 1.54) is 22.8 Å². The fourth-order valence-corrected chi connectivity index (χ4v) is 5.41. The highest BCUT2D eigenvalue weighted by molar-refractivity contribution is 7.93. The summed E-state index contributed by atoms with van der Waals surface area (Å²) >= 11 is 1.40. The molecule has 2 rings (SSSR count). The van der Waals surface area contributed by atoms with Crippen molar-refractivity contribution in [2.45, 2.75) is 18.7 Å². The zero-order valence-electron chi connectivity index (χ0n) is 12.7. The molecular weight excluding hydrogens is 322 g/mol. The summed E-state index contributed by atoms with van der Waals surface area (Å²) in [6.45, 7) is 3.25. The number of aryl methyl sites for hydroxylation is 2. The lowest BCUT2D eigenvalue weighted by atomic mass is 10.3. The normalized spacial score (nSPS) is 11.5. The molecule has 1 heterocycles. The first-order valence-electron chi connectivity index (χ1n) is 6.74. The third-order valence-electron chi connectivity index (χ3n) is 3.30. The third kappa shape index (κ3) is 2.97. The van der Waals surface area contributed by atoms with E-state index in [1.807, 2.05) is 5.38 Å². The molecule has 5 nitrogen and oxygen atoms in total. The van der Waals surface area contributed by atoms with Crippen LogP contribution in [0.3, 0.4) is 0 Å². The van der Waals surface area contributed by atoms with E-state index in [0.717, 1.165) is 4.88 Å². The number of anilines is 1. The molecule has 7 heteroatoms. The molecule has 120 valence electrons. The average Bonchev–Trinajstić information content (AvgIpc) is 2.84. The van der Waals surface area contributed by atoms with Crippen LogP contribution >= 0.6 is 11.3 Å². The molecule has 0 radical (unpaired) electrons. The van der Waals surface area contributed by atoms with Crippen molar-refractivity contribution in [1.29, 1.82) is 0 Å². The van der Waals surface area contributed by atoms with Crippen LogP contribution in [0.4, 0.5) is 5.69 Å². The molecule has 1 N–H and O–H groups in total. The Balaban J connectivity index is 2.61. The molecule has 0 saturated carbocycles. The molecule has 0 aliphatic heterocycles. The van der Waals surface area contributed by atoms with Crippen molar-refractivity contribution in [3.05, 3.63) is 40.1 Å². The number of aliphatic hydroxyl groups excluding tert-OH is 1. The third-order valence-corrected chi connectivity index (χ3v) is 6.56. The Morgan fingerprint density at radius 2 is 1.95 bits per heavy atom. The van der Waals surface area contributed by atoms with Crippen LogP contribution in [-0.4, -0.2) is 33.8 Å². The van der Waals surface area contributed by atoms with Gasteiger partial charge in [0, 0.05) is 4.88 Å². The summed E-state index contributed by atoms with van der Waals surface area (Å²) in [5.41, 5.74) is 1.13. The Morgan fingerprint density at radius 1 is 1.27 bits per heavy atom. The van der Waals surface area contributed by atoms with Crippen LogP contribution in [-0.2, 0) is 10.0 Å². The summed E-state index contributed by atoms with van der Waals surface area (Å²) in [4.78, 5) is 1.03. The molecule has 0 bridgehead atoms. The van der Waals surface area contributed by atoms with Crippen molar-refractivity contribution in [3.8, 4) is 5.75 Å². The Labute approximate surface area is 134 Å². The molecule has 0 aliphatic rings. The van der Waals surface area contributed by atoms with Gasteiger partial charge in [-0.1, -0.05) is 12.1 Å². The topological polar surface area (TPSA) is 66.8 Å². The minimum atomic E-state index is -3.76. The van der Waals surface area contributed by atoms with Crippen LogP contribution in [0.25, 0.3) is 0 Å². The Kier molecular flexibility index (Phi) is 5.10. The summed E-state index contributed by atoms with van der Waals surface area (Å²) in [7, 11) is -2.27. The van der Waals surface area contributed by atoms with Crippen molar-refractivity contribution >= 4 is 27.0 Å². The molecule has 0 unspecified atom stereocenters. The van der Waals surface area contributed by atoms with Crippen molar-refractivity contribution in [1.82, 2.24) is 0 Å². The number of aliphatic hydroxyl groups is 1. The highest BCUT2D eigenvalue weighted by Crippen LogP contribution is 2.35. The largest absolute Gasteiger partial charge is 0.495 e. The molecule has 0 amide bonds. The minimum absolute atomic E-state index is 0.0303. The molecular formula is C15H19NO4S2. The summed E-state index contributed by atoms with van der Waals surface area (Å²) in [6.07, 6.45) is 0. The Bertz CT molecular complexity index is 733. The predicted octanol–water partition coefficient (Wildman–Crippen LogP) is 2.56. The molecule has 2 aromatic rings. The first kappa shape index (κ1) is 16.8. The van der Waals surface area contributed by atoms with Crippen LogP contribution in [0.5, 0.6) is 5.75 Å². The van der Waals surface area contributed by atoms with Crippen molar-refractivity contribution in [2.24, 2.45) is 0 Å². The lowest BCUT2D eigenvalue weighted by molar-refractivity contribution is 0.306. The van der Waals surface area contributed by atoms with Gasteiger partial charge in [0.15, 0.2) is 0 Å². The lowest BCUT2D eigenvalue weighted by Gasteiger charge is -2.25. The number of hydrogen-bond donors (Lipinski definition) is 1. The van der Waals surface area contributed by atoms with Crippen molar-refractivity contribution in [2.75, 3.05) is 24.6 Å². The van der Waals surface area contributed by atoms with Crippen LogP contribution < -0.4 is 9.04 Å². The van der Waals surface area contributed by atoms with E-state index < -0.39 is 10.0 Å². The molecule has 22 heavy (non-hydrogen) atoms. The molecule has 1 aromatic heterocycles. The molecule has 0 aliphatic carbocycles. The molecule has 0 saturated heterocycles. The number of benzene rings is 1. The van der Waals surface area contributed by atoms with E-state index in [4.69, 9.17) is 4.74 Å². The van der Waals surface area contributed by atoms with Crippen molar-refractivity contribution < 1.29 is 18.3 Å². The number of rotatable bonds is 6. The van der Waals surface area contributed by atoms with Gasteiger partial charge in [-0.15, -0.1) is 11.3 Å². The maximum absolute atomic E-state index is 13.1. The molecule has 1 aromatic carbocycles. The smallest absolute Gasteiger partial charge is 0.265 e. The number of thiophene rings is 1. The monoisotopic (exact) mass is 341 g/mol. The van der Waals surface area contributed by atoms with Gasteiger partial charge in [0.2, 0.25) is 0 Å². The van der Waals surface area contributed by atoms with E-state index >= 15 is 0 Å². The first-order valence-corrected chi connectivity index (χ1v) is 9.06. The zero-order valence-corrected chi connectivity index (χ0v) is 14.4. The van der Waals surface area contributed by atoms with Gasteiger partial charge >= 0.3 is 0 Å². The fraction of sp³-hybridized carbons (Fsp3) is 0.333. The fourth-order valence-electron chi connectivity index (χ4n) is 2.35. The number of methoxy groups -OCH3 is 1. The maximum Gasteiger partial charge on any atom is 0.265 e. The Hall–Kier alpha value is -1.57. The number of para-hydroxylation sites is 2. The summed E-state index contributed by atoms with van der Waals surface area (Å²) < 4.78 is 32.6. The van der Waals surface area contributed by atoms with Crippen LogP contribution in [0.1, 0.15) is 10.4 Å². The maximum atomic E-state index is 13.1. The summed E-state index contributed by atoms with van der Waals surface area (Å²) in [5, 5.41) is 11.1. The predicted molar refractivity (Wildman–Crippen MR) is 88.4 cm³/mol. The van der Waals surface area contributed by atoms with E-state index in [2.05, 4.69) is 0 Å². The van der Waals surface area contributed by atoms with Gasteiger partial charge < -0.3 is 9.84 Å². The number of hydrogen-bond acceptors (Lipinski definition) is 5. The van der Waals surface area contributed by atoms with E-state index in [-0.39, 0.29) is 13.2 Å². The second-order valence-electron chi connectivity index (χ2n) is 4.78. The number of sulfonamides is 1. The number of nitrogens with zero attached hydrogens (tertiary/aromatic N) is 1. The van der Waals surface area contributed by atoms with Crippen LogP contribution in [0, 0.1) is 13.8 Å². The SMILES string of the molecule is COc1ccccc1N(CCO)S(=O)(=O)c1c(C)csc1C. The van der Waals surface area contributed by atoms with Gasteiger partial charge in [-0.05, 0) is 36.9 Å². The number of ether oxygens (including phenoxy) is 1. The summed E-state index contributed by atoms with van der Waals surface area (Å²) in [5.74, 6) is 0.449. The van der Waals surface area contributed by atoms with E-state index in [0.29, 0.717) is 21.9 Å². The van der Waals surface area contributed by atoms with Gasteiger partial charge in [0.05, 0.1) is 25.9 Å². The second kappa shape index (κ2) is 6.68. The molecule has 0 fully saturated rings. The van der Waals surface area contributed by atoms with Gasteiger partial charge in [0.25, 0.3) is 10.0 Å². The Morgan fingerprint density at radius 3 is 2.50 bits per heavy atom. The minimum Gasteiger partial charge on any atom is -0.495 e. The quantitative estimate of drug-likeness (QED) is 0.877. The molecule has 0 atom stereocenters. The van der Waals surface area contributed by atoms with Crippen molar-refractivity contribution in [3.63, 3.8) is 0 Å². The lowest BCUT2D eigenvalue weighted by Crippen LogP contribution is -2.34. The summed E-state index contributed by atoms with van der Waals surface area (Å²) in [6, 6.07) is 6.88. The highest BCUT2D eigenvalue weighted by atomic mass is 32.2. The van der Waals surface area contributed by atoms with Gasteiger partial charge in [0.1, 0.15) is 10.6 Å². The molecule has 0 spiro atoms.